The lowest BCUT2D eigenvalue weighted by molar-refractivity contribution is 0.399. The SMILES string of the molecule is CNCC1CCCN(c2n[nH]c(Cc3cccnc3)n2)C1. The number of nitrogens with zero attached hydrogens (tertiary/aromatic N) is 4. The first-order valence-electron chi connectivity index (χ1n) is 7.55. The first-order chi connectivity index (χ1) is 10.3. The van der Waals surface area contributed by atoms with Crippen LogP contribution in [0.1, 0.15) is 24.2 Å². The lowest BCUT2D eigenvalue weighted by Crippen LogP contribution is -2.39. The quantitative estimate of drug-likeness (QED) is 0.865. The number of piperidine rings is 1. The van der Waals surface area contributed by atoms with Crippen molar-refractivity contribution in [3.63, 3.8) is 0 Å². The summed E-state index contributed by atoms with van der Waals surface area (Å²) in [7, 11) is 2.01. The van der Waals surface area contributed by atoms with E-state index < -0.39 is 0 Å². The molecule has 0 radical (unpaired) electrons. The Bertz CT molecular complexity index is 550. The minimum absolute atomic E-state index is 0.684. The molecule has 3 rings (SSSR count). The van der Waals surface area contributed by atoms with Gasteiger partial charge in [-0.05, 0) is 44.0 Å². The zero-order valence-electron chi connectivity index (χ0n) is 12.4. The highest BCUT2D eigenvalue weighted by Gasteiger charge is 2.22. The molecule has 2 aromatic heterocycles. The molecular weight excluding hydrogens is 264 g/mol. The first-order valence-corrected chi connectivity index (χ1v) is 7.55. The molecule has 1 atom stereocenters. The summed E-state index contributed by atoms with van der Waals surface area (Å²) in [5, 5.41) is 10.7. The van der Waals surface area contributed by atoms with Crippen molar-refractivity contribution in [2.45, 2.75) is 19.3 Å². The Morgan fingerprint density at radius 2 is 2.43 bits per heavy atom. The van der Waals surface area contributed by atoms with E-state index in [0.717, 1.165) is 43.4 Å². The van der Waals surface area contributed by atoms with Gasteiger partial charge in [0.15, 0.2) is 0 Å². The van der Waals surface area contributed by atoms with Crippen LogP contribution in [0.5, 0.6) is 0 Å². The molecule has 6 nitrogen and oxygen atoms in total. The topological polar surface area (TPSA) is 69.7 Å². The van der Waals surface area contributed by atoms with E-state index in [9.17, 15) is 0 Å². The first kappa shape index (κ1) is 14.0. The van der Waals surface area contributed by atoms with E-state index in [-0.39, 0.29) is 0 Å². The largest absolute Gasteiger partial charge is 0.339 e. The van der Waals surface area contributed by atoms with Gasteiger partial charge in [0, 0.05) is 31.9 Å². The second-order valence-electron chi connectivity index (χ2n) is 5.63. The number of aromatic amines is 1. The summed E-state index contributed by atoms with van der Waals surface area (Å²) < 4.78 is 0. The van der Waals surface area contributed by atoms with Crippen molar-refractivity contribution in [2.24, 2.45) is 5.92 Å². The van der Waals surface area contributed by atoms with Gasteiger partial charge in [-0.3, -0.25) is 10.1 Å². The summed E-state index contributed by atoms with van der Waals surface area (Å²) in [6, 6.07) is 4.00. The molecule has 0 amide bonds. The maximum absolute atomic E-state index is 4.63. The van der Waals surface area contributed by atoms with Crippen molar-refractivity contribution in [3.8, 4) is 0 Å². The molecule has 3 heterocycles. The Morgan fingerprint density at radius 1 is 1.48 bits per heavy atom. The molecule has 112 valence electrons. The summed E-state index contributed by atoms with van der Waals surface area (Å²) in [4.78, 5) is 11.0. The van der Waals surface area contributed by atoms with Crippen molar-refractivity contribution < 1.29 is 0 Å². The molecule has 21 heavy (non-hydrogen) atoms. The maximum Gasteiger partial charge on any atom is 0.244 e. The molecule has 1 unspecified atom stereocenters. The molecule has 0 spiro atoms. The van der Waals surface area contributed by atoms with Crippen LogP contribution < -0.4 is 10.2 Å². The molecule has 0 saturated carbocycles. The van der Waals surface area contributed by atoms with Crippen LogP contribution in [-0.4, -0.2) is 46.8 Å². The third kappa shape index (κ3) is 3.58. The monoisotopic (exact) mass is 286 g/mol. The summed E-state index contributed by atoms with van der Waals surface area (Å²) in [6.07, 6.45) is 6.88. The number of rotatable bonds is 5. The standard InChI is InChI=1S/C15H22N6/c1-16-9-13-5-3-7-21(11-13)15-18-14(19-20-15)8-12-4-2-6-17-10-12/h2,4,6,10,13,16H,3,5,7-9,11H2,1H3,(H,18,19,20). The van der Waals surface area contributed by atoms with Gasteiger partial charge in [0.2, 0.25) is 5.95 Å². The van der Waals surface area contributed by atoms with Crippen LogP contribution >= 0.6 is 0 Å². The van der Waals surface area contributed by atoms with Crippen LogP contribution in [0, 0.1) is 5.92 Å². The molecule has 2 N–H and O–H groups in total. The van der Waals surface area contributed by atoms with Crippen LogP contribution in [0.15, 0.2) is 24.5 Å². The molecule has 2 aromatic rings. The van der Waals surface area contributed by atoms with Gasteiger partial charge in [0.25, 0.3) is 0 Å². The predicted octanol–water partition coefficient (Wildman–Crippen LogP) is 1.23. The number of nitrogens with one attached hydrogen (secondary N) is 2. The number of pyridine rings is 1. The number of anilines is 1. The third-order valence-corrected chi connectivity index (χ3v) is 3.91. The van der Waals surface area contributed by atoms with Crippen molar-refractivity contribution in [1.82, 2.24) is 25.5 Å². The maximum atomic E-state index is 4.63. The highest BCUT2D eigenvalue weighted by Crippen LogP contribution is 2.20. The van der Waals surface area contributed by atoms with Gasteiger partial charge < -0.3 is 10.2 Å². The molecule has 6 heteroatoms. The van der Waals surface area contributed by atoms with E-state index in [1.807, 2.05) is 19.3 Å². The van der Waals surface area contributed by atoms with E-state index in [1.165, 1.54) is 12.8 Å². The number of hydrogen-bond donors (Lipinski definition) is 2. The highest BCUT2D eigenvalue weighted by atomic mass is 15.4. The lowest BCUT2D eigenvalue weighted by atomic mass is 9.98. The van der Waals surface area contributed by atoms with Crippen LogP contribution in [0.4, 0.5) is 5.95 Å². The molecule has 1 saturated heterocycles. The van der Waals surface area contributed by atoms with Crippen LogP contribution in [-0.2, 0) is 6.42 Å². The average molecular weight is 286 g/mol. The van der Waals surface area contributed by atoms with Crippen molar-refractivity contribution in [1.29, 1.82) is 0 Å². The average Bonchev–Trinajstić information content (AvgIpc) is 2.97. The molecule has 0 aromatic carbocycles. The van der Waals surface area contributed by atoms with Crippen molar-refractivity contribution in [3.05, 3.63) is 35.9 Å². The van der Waals surface area contributed by atoms with Crippen molar-refractivity contribution >= 4 is 5.95 Å². The minimum Gasteiger partial charge on any atom is -0.339 e. The molecule has 0 bridgehead atoms. The predicted molar refractivity (Wildman–Crippen MR) is 82.3 cm³/mol. The van der Waals surface area contributed by atoms with Crippen LogP contribution in [0.3, 0.4) is 0 Å². The van der Waals surface area contributed by atoms with E-state index >= 15 is 0 Å². The summed E-state index contributed by atoms with van der Waals surface area (Å²) >= 11 is 0. The second kappa shape index (κ2) is 6.67. The lowest BCUT2D eigenvalue weighted by Gasteiger charge is -2.31. The normalized spacial score (nSPS) is 18.9. The van der Waals surface area contributed by atoms with Gasteiger partial charge in [-0.1, -0.05) is 6.07 Å². The molecule has 1 aliphatic heterocycles. The fourth-order valence-corrected chi connectivity index (χ4v) is 2.90. The van der Waals surface area contributed by atoms with Gasteiger partial charge in [0.05, 0.1) is 0 Å². The van der Waals surface area contributed by atoms with Crippen molar-refractivity contribution in [2.75, 3.05) is 31.6 Å². The summed E-state index contributed by atoms with van der Waals surface area (Å²) in [5.41, 5.74) is 1.15. The summed E-state index contributed by atoms with van der Waals surface area (Å²) in [6.45, 7) is 3.14. The number of H-pyrrole nitrogens is 1. The second-order valence-corrected chi connectivity index (χ2v) is 5.63. The zero-order valence-corrected chi connectivity index (χ0v) is 12.4. The van der Waals surface area contributed by atoms with Crippen LogP contribution in [0.2, 0.25) is 0 Å². The van der Waals surface area contributed by atoms with E-state index in [0.29, 0.717) is 5.92 Å². The van der Waals surface area contributed by atoms with Gasteiger partial charge in [0.1, 0.15) is 5.82 Å². The highest BCUT2D eigenvalue weighted by molar-refractivity contribution is 5.30. The Kier molecular flexibility index (Phi) is 4.45. The van der Waals surface area contributed by atoms with E-state index in [1.54, 1.807) is 6.20 Å². The van der Waals surface area contributed by atoms with E-state index in [2.05, 4.69) is 36.4 Å². The van der Waals surface area contributed by atoms with E-state index in [4.69, 9.17) is 0 Å². The molecular formula is C15H22N6. The van der Waals surface area contributed by atoms with Gasteiger partial charge >= 0.3 is 0 Å². The van der Waals surface area contributed by atoms with Gasteiger partial charge in [-0.25, -0.2) is 0 Å². The molecule has 1 fully saturated rings. The smallest absolute Gasteiger partial charge is 0.244 e. The van der Waals surface area contributed by atoms with Gasteiger partial charge in [-0.15, -0.1) is 5.10 Å². The Hall–Kier alpha value is -1.95. The van der Waals surface area contributed by atoms with Crippen LogP contribution in [0.25, 0.3) is 0 Å². The van der Waals surface area contributed by atoms with Gasteiger partial charge in [-0.2, -0.15) is 4.98 Å². The Labute approximate surface area is 125 Å². The Morgan fingerprint density at radius 3 is 3.24 bits per heavy atom. The fraction of sp³-hybridized carbons (Fsp3) is 0.533. The minimum atomic E-state index is 0.684. The third-order valence-electron chi connectivity index (χ3n) is 3.91. The molecule has 0 aliphatic carbocycles. The summed E-state index contributed by atoms with van der Waals surface area (Å²) in [5.74, 6) is 2.41. The fourth-order valence-electron chi connectivity index (χ4n) is 2.90. The number of aromatic nitrogens is 4. The zero-order chi connectivity index (χ0) is 14.5. The molecule has 1 aliphatic rings. The number of hydrogen-bond acceptors (Lipinski definition) is 5. The Balaban J connectivity index is 1.64.